The lowest BCUT2D eigenvalue weighted by Gasteiger charge is -2.26. The molecular weight excluding hydrogens is 711 g/mol. The van der Waals surface area contributed by atoms with Gasteiger partial charge in [0, 0.05) is 47.9 Å². The van der Waals surface area contributed by atoms with Crippen molar-refractivity contribution in [2.45, 2.75) is 0 Å². The summed E-state index contributed by atoms with van der Waals surface area (Å²) in [6.07, 6.45) is 0. The largest absolute Gasteiger partial charge is 0.453 e. The van der Waals surface area contributed by atoms with Gasteiger partial charge in [0.1, 0.15) is 5.58 Å². The average Bonchev–Trinajstić information content (AvgIpc) is 3.87. The van der Waals surface area contributed by atoms with E-state index >= 15 is 0 Å². The zero-order valence-corrected chi connectivity index (χ0v) is 31.8. The third kappa shape index (κ3) is 5.71. The molecule has 9 aromatic carbocycles. The molecule has 0 aliphatic heterocycles. The zero-order chi connectivity index (χ0) is 37.7. The fraction of sp³-hybridized carbons (Fsp3) is 0. The van der Waals surface area contributed by atoms with E-state index in [1.165, 1.54) is 53.6 Å². The maximum absolute atomic E-state index is 6.98. The van der Waals surface area contributed by atoms with Gasteiger partial charge in [-0.3, -0.25) is 0 Å². The van der Waals surface area contributed by atoms with Crippen molar-refractivity contribution in [2.24, 2.45) is 0 Å². The predicted octanol–water partition coefficient (Wildman–Crippen LogP) is 16.1. The molecule has 0 fully saturated rings. The van der Waals surface area contributed by atoms with Crippen LogP contribution in [-0.4, -0.2) is 0 Å². The Labute approximate surface area is 335 Å². The highest BCUT2D eigenvalue weighted by molar-refractivity contribution is 7.26. The van der Waals surface area contributed by atoms with Crippen molar-refractivity contribution in [1.29, 1.82) is 0 Å². The third-order valence-electron chi connectivity index (χ3n) is 11.1. The molecule has 0 aliphatic rings. The molecular formula is C54H35NOS. The molecule has 0 saturated heterocycles. The Hall–Kier alpha value is -7.20. The normalized spacial score (nSPS) is 11.5. The fourth-order valence-electron chi connectivity index (χ4n) is 8.41. The van der Waals surface area contributed by atoms with Crippen molar-refractivity contribution in [1.82, 2.24) is 0 Å². The fourth-order valence-corrected chi connectivity index (χ4v) is 9.65. The minimum atomic E-state index is 0.855. The van der Waals surface area contributed by atoms with Gasteiger partial charge in [0.25, 0.3) is 0 Å². The number of rotatable bonds is 7. The van der Waals surface area contributed by atoms with Crippen molar-refractivity contribution in [3.63, 3.8) is 0 Å². The van der Waals surface area contributed by atoms with Gasteiger partial charge in [-0.1, -0.05) is 176 Å². The molecule has 2 aromatic heterocycles. The molecule has 3 heteroatoms. The number of benzene rings is 9. The van der Waals surface area contributed by atoms with Gasteiger partial charge >= 0.3 is 0 Å². The first kappa shape index (κ1) is 33.2. The van der Waals surface area contributed by atoms with Gasteiger partial charge in [-0.15, -0.1) is 11.3 Å². The van der Waals surface area contributed by atoms with Gasteiger partial charge in [-0.2, -0.15) is 0 Å². The molecule has 2 nitrogen and oxygen atoms in total. The Morgan fingerprint density at radius 3 is 1.44 bits per heavy atom. The van der Waals surface area contributed by atoms with Crippen LogP contribution in [-0.2, 0) is 0 Å². The van der Waals surface area contributed by atoms with Crippen LogP contribution in [0.25, 0.3) is 86.6 Å². The van der Waals surface area contributed by atoms with E-state index in [1.54, 1.807) is 0 Å². The molecule has 268 valence electrons. The number of anilines is 3. The molecule has 0 atom stereocenters. The molecule has 0 saturated carbocycles. The van der Waals surface area contributed by atoms with E-state index in [4.69, 9.17) is 4.42 Å². The minimum Gasteiger partial charge on any atom is -0.453 e. The monoisotopic (exact) mass is 745 g/mol. The van der Waals surface area contributed by atoms with Crippen molar-refractivity contribution < 1.29 is 4.42 Å². The number of thiophene rings is 1. The van der Waals surface area contributed by atoms with Crippen LogP contribution in [0.3, 0.4) is 0 Å². The number of nitrogens with zero attached hydrogens (tertiary/aromatic N) is 1. The van der Waals surface area contributed by atoms with E-state index in [9.17, 15) is 0 Å². The minimum absolute atomic E-state index is 0.855. The molecule has 0 radical (unpaired) electrons. The van der Waals surface area contributed by atoms with Crippen LogP contribution < -0.4 is 4.90 Å². The molecule has 2 heterocycles. The Morgan fingerprint density at radius 2 is 0.772 bits per heavy atom. The summed E-state index contributed by atoms with van der Waals surface area (Å²) in [6, 6.07) is 76.1. The van der Waals surface area contributed by atoms with E-state index in [0.717, 1.165) is 50.1 Å². The lowest BCUT2D eigenvalue weighted by atomic mass is 9.94. The summed E-state index contributed by atoms with van der Waals surface area (Å²) in [7, 11) is 0. The molecule has 11 aromatic rings. The van der Waals surface area contributed by atoms with Crippen molar-refractivity contribution in [3.05, 3.63) is 212 Å². The third-order valence-corrected chi connectivity index (χ3v) is 12.3. The second-order valence-corrected chi connectivity index (χ2v) is 15.5. The van der Waals surface area contributed by atoms with E-state index < -0.39 is 0 Å². The van der Waals surface area contributed by atoms with E-state index in [1.807, 2.05) is 11.3 Å². The number of hydrogen-bond donors (Lipinski definition) is 0. The van der Waals surface area contributed by atoms with Crippen LogP contribution in [0.15, 0.2) is 217 Å². The SMILES string of the molecule is c1ccc(-c2ccccc2-c2ccc(N(c3ccc(-c4cccc5c4sc4ccccc45)cc3)c3cccc4c3oc3c(-c5ccccc5)cccc34)cc2)cc1. The summed E-state index contributed by atoms with van der Waals surface area (Å²) in [6.45, 7) is 0. The molecule has 57 heavy (non-hydrogen) atoms. The van der Waals surface area contributed by atoms with Gasteiger partial charge in [0.2, 0.25) is 0 Å². The second kappa shape index (κ2) is 13.8. The maximum Gasteiger partial charge on any atom is 0.159 e. The van der Waals surface area contributed by atoms with Crippen molar-refractivity contribution >= 4 is 70.5 Å². The predicted molar refractivity (Wildman–Crippen MR) is 243 cm³/mol. The molecule has 0 N–H and O–H groups in total. The Kier molecular flexibility index (Phi) is 8.04. The number of fused-ring (bicyclic) bond motifs is 6. The van der Waals surface area contributed by atoms with E-state index in [2.05, 4.69) is 217 Å². The molecule has 0 amide bonds. The van der Waals surface area contributed by atoms with E-state index in [0.29, 0.717) is 0 Å². The highest BCUT2D eigenvalue weighted by Crippen LogP contribution is 2.46. The molecule has 11 rings (SSSR count). The van der Waals surface area contributed by atoms with Crippen LogP contribution in [0.2, 0.25) is 0 Å². The lowest BCUT2D eigenvalue weighted by molar-refractivity contribution is 0.670. The van der Waals surface area contributed by atoms with E-state index in [-0.39, 0.29) is 0 Å². The second-order valence-electron chi connectivity index (χ2n) is 14.4. The van der Waals surface area contributed by atoms with Crippen LogP contribution in [0.1, 0.15) is 0 Å². The highest BCUT2D eigenvalue weighted by Gasteiger charge is 2.21. The molecule has 0 unspecified atom stereocenters. The number of hydrogen-bond acceptors (Lipinski definition) is 3. The summed E-state index contributed by atoms with van der Waals surface area (Å²) in [5.74, 6) is 0. The topological polar surface area (TPSA) is 16.4 Å². The van der Waals surface area contributed by atoms with Crippen LogP contribution in [0, 0.1) is 0 Å². The summed E-state index contributed by atoms with van der Waals surface area (Å²) in [4.78, 5) is 2.34. The van der Waals surface area contributed by atoms with Gasteiger partial charge in [-0.05, 0) is 75.3 Å². The Bertz CT molecular complexity index is 3210. The molecule has 0 spiro atoms. The molecule has 0 bridgehead atoms. The Balaban J connectivity index is 1.07. The van der Waals surface area contributed by atoms with Crippen LogP contribution in [0.5, 0.6) is 0 Å². The van der Waals surface area contributed by atoms with Gasteiger partial charge in [-0.25, -0.2) is 0 Å². The Morgan fingerprint density at radius 1 is 0.316 bits per heavy atom. The summed E-state index contributed by atoms with van der Waals surface area (Å²) >= 11 is 1.87. The average molecular weight is 746 g/mol. The first-order chi connectivity index (χ1) is 28.3. The summed E-state index contributed by atoms with van der Waals surface area (Å²) < 4.78 is 9.61. The first-order valence-electron chi connectivity index (χ1n) is 19.3. The van der Waals surface area contributed by atoms with Gasteiger partial charge < -0.3 is 9.32 Å². The zero-order valence-electron chi connectivity index (χ0n) is 31.0. The summed E-state index contributed by atoms with van der Waals surface area (Å²) in [5.41, 5.74) is 14.3. The quantitative estimate of drug-likeness (QED) is 0.162. The van der Waals surface area contributed by atoms with Crippen LogP contribution in [0.4, 0.5) is 17.1 Å². The smallest absolute Gasteiger partial charge is 0.159 e. The first-order valence-corrected chi connectivity index (χ1v) is 20.2. The van der Waals surface area contributed by atoms with Gasteiger partial charge in [0.15, 0.2) is 5.58 Å². The highest BCUT2D eigenvalue weighted by atomic mass is 32.1. The number of para-hydroxylation sites is 2. The number of furan rings is 1. The summed E-state index contributed by atoms with van der Waals surface area (Å²) in [5, 5.41) is 4.81. The van der Waals surface area contributed by atoms with Crippen molar-refractivity contribution in [3.8, 4) is 44.5 Å². The van der Waals surface area contributed by atoms with Crippen LogP contribution >= 0.6 is 11.3 Å². The van der Waals surface area contributed by atoms with Gasteiger partial charge in [0.05, 0.1) is 5.69 Å². The standard InChI is InChI=1S/C54H35NOS/c1-3-14-36(15-4-1)42-18-7-8-19-43(42)38-28-32-40(33-29-38)55(41-34-30-39(31-35-41)45-22-12-25-49-46-20-9-10-27-51(46)57-54(45)49)50-26-13-24-48-47-23-11-21-44(52(47)56-53(48)50)37-16-5-2-6-17-37/h1-35H. The maximum atomic E-state index is 6.98. The van der Waals surface area contributed by atoms with Crippen molar-refractivity contribution in [2.75, 3.05) is 4.90 Å². The molecule has 0 aliphatic carbocycles. The lowest BCUT2D eigenvalue weighted by Crippen LogP contribution is -2.10.